The smallest absolute Gasteiger partial charge is 0.284 e. The van der Waals surface area contributed by atoms with E-state index in [1.54, 1.807) is 0 Å². The second kappa shape index (κ2) is 6.77. The fourth-order valence-electron chi connectivity index (χ4n) is 2.72. The summed E-state index contributed by atoms with van der Waals surface area (Å²) in [5, 5.41) is 4.34. The summed E-state index contributed by atoms with van der Waals surface area (Å²) in [7, 11) is 0. The SMILES string of the molecule is CCc1c(C)nn(C(=O)COc2ccccc2C(C)C)c1C. The lowest BCUT2D eigenvalue weighted by molar-refractivity contribution is 0.0817. The Morgan fingerprint density at radius 3 is 2.55 bits per heavy atom. The maximum atomic E-state index is 12.4. The van der Waals surface area contributed by atoms with Gasteiger partial charge in [-0.2, -0.15) is 5.10 Å². The molecule has 118 valence electrons. The molecule has 0 bridgehead atoms. The minimum atomic E-state index is -0.140. The van der Waals surface area contributed by atoms with Crippen LogP contribution in [0.3, 0.4) is 0 Å². The van der Waals surface area contributed by atoms with Gasteiger partial charge in [0.2, 0.25) is 0 Å². The lowest BCUT2D eigenvalue weighted by Gasteiger charge is -2.13. The average molecular weight is 300 g/mol. The third-order valence-electron chi connectivity index (χ3n) is 3.92. The topological polar surface area (TPSA) is 44.1 Å². The summed E-state index contributed by atoms with van der Waals surface area (Å²) in [5.41, 5.74) is 4.07. The van der Waals surface area contributed by atoms with Crippen LogP contribution in [0.15, 0.2) is 24.3 Å². The number of benzene rings is 1. The molecule has 0 amide bonds. The third-order valence-corrected chi connectivity index (χ3v) is 3.92. The van der Waals surface area contributed by atoms with Gasteiger partial charge in [0.15, 0.2) is 6.61 Å². The first-order chi connectivity index (χ1) is 10.5. The van der Waals surface area contributed by atoms with Crippen molar-refractivity contribution in [2.45, 2.75) is 47.0 Å². The summed E-state index contributed by atoms with van der Waals surface area (Å²) in [6.45, 7) is 10.1. The van der Waals surface area contributed by atoms with E-state index in [1.165, 1.54) is 4.68 Å². The monoisotopic (exact) mass is 300 g/mol. The van der Waals surface area contributed by atoms with Gasteiger partial charge in [-0.1, -0.05) is 39.0 Å². The molecule has 1 aromatic carbocycles. The molecule has 0 aliphatic carbocycles. The second-order valence-electron chi connectivity index (χ2n) is 5.79. The fraction of sp³-hybridized carbons (Fsp3) is 0.444. The highest BCUT2D eigenvalue weighted by molar-refractivity contribution is 5.80. The van der Waals surface area contributed by atoms with Crippen LogP contribution >= 0.6 is 0 Å². The fourth-order valence-corrected chi connectivity index (χ4v) is 2.72. The highest BCUT2D eigenvalue weighted by Gasteiger charge is 2.16. The zero-order valence-corrected chi connectivity index (χ0v) is 14.0. The van der Waals surface area contributed by atoms with Crippen molar-refractivity contribution in [1.82, 2.24) is 9.78 Å². The molecule has 2 aromatic rings. The number of aryl methyl sites for hydroxylation is 1. The normalized spacial score (nSPS) is 11.0. The van der Waals surface area contributed by atoms with Crippen LogP contribution in [0, 0.1) is 13.8 Å². The van der Waals surface area contributed by atoms with Crippen LogP contribution in [0.4, 0.5) is 0 Å². The van der Waals surface area contributed by atoms with Crippen molar-refractivity contribution in [1.29, 1.82) is 0 Å². The molecule has 0 radical (unpaired) electrons. The van der Waals surface area contributed by atoms with E-state index < -0.39 is 0 Å². The van der Waals surface area contributed by atoms with Gasteiger partial charge in [-0.25, -0.2) is 4.68 Å². The predicted octanol–water partition coefficient (Wildman–Crippen LogP) is 3.90. The first-order valence-electron chi connectivity index (χ1n) is 7.75. The summed E-state index contributed by atoms with van der Waals surface area (Å²) in [4.78, 5) is 12.4. The third kappa shape index (κ3) is 3.21. The summed E-state index contributed by atoms with van der Waals surface area (Å²) >= 11 is 0. The van der Waals surface area contributed by atoms with Crippen molar-refractivity contribution in [2.24, 2.45) is 0 Å². The number of rotatable bonds is 5. The number of ether oxygens (including phenoxy) is 1. The molecule has 1 aromatic heterocycles. The van der Waals surface area contributed by atoms with Gasteiger partial charge >= 0.3 is 0 Å². The van der Waals surface area contributed by atoms with Crippen molar-refractivity contribution in [3.8, 4) is 5.75 Å². The maximum Gasteiger partial charge on any atom is 0.284 e. The van der Waals surface area contributed by atoms with Crippen LogP contribution in [0.1, 0.15) is 54.0 Å². The van der Waals surface area contributed by atoms with Gasteiger partial charge < -0.3 is 4.74 Å². The number of nitrogens with zero attached hydrogens (tertiary/aromatic N) is 2. The standard InChI is InChI=1S/C18H24N2O2/c1-6-15-13(4)19-20(14(15)5)18(21)11-22-17-10-8-7-9-16(17)12(2)3/h7-10,12H,6,11H2,1-5H3. The second-order valence-corrected chi connectivity index (χ2v) is 5.79. The van der Waals surface area contributed by atoms with E-state index in [0.29, 0.717) is 5.92 Å². The van der Waals surface area contributed by atoms with Crippen molar-refractivity contribution >= 4 is 5.91 Å². The maximum absolute atomic E-state index is 12.4. The molecule has 0 spiro atoms. The van der Waals surface area contributed by atoms with E-state index in [9.17, 15) is 4.79 Å². The predicted molar refractivity (Wildman–Crippen MR) is 87.7 cm³/mol. The molecule has 2 rings (SSSR count). The Balaban J connectivity index is 2.14. The van der Waals surface area contributed by atoms with Gasteiger partial charge in [-0.15, -0.1) is 0 Å². The largest absolute Gasteiger partial charge is 0.483 e. The van der Waals surface area contributed by atoms with Gasteiger partial charge in [-0.3, -0.25) is 4.79 Å². The Kier molecular flexibility index (Phi) is 5.01. The van der Waals surface area contributed by atoms with E-state index in [4.69, 9.17) is 4.74 Å². The van der Waals surface area contributed by atoms with E-state index >= 15 is 0 Å². The van der Waals surface area contributed by atoms with Crippen molar-refractivity contribution in [3.63, 3.8) is 0 Å². The van der Waals surface area contributed by atoms with Crippen LogP contribution in [-0.2, 0) is 6.42 Å². The molecule has 1 heterocycles. The molecule has 0 aliphatic heterocycles. The zero-order valence-electron chi connectivity index (χ0n) is 14.0. The van der Waals surface area contributed by atoms with Crippen LogP contribution in [-0.4, -0.2) is 22.3 Å². The van der Waals surface area contributed by atoms with Crippen molar-refractivity contribution in [3.05, 3.63) is 46.8 Å². The lowest BCUT2D eigenvalue weighted by Crippen LogP contribution is -2.22. The summed E-state index contributed by atoms with van der Waals surface area (Å²) in [6.07, 6.45) is 0.877. The molecule has 0 atom stereocenters. The van der Waals surface area contributed by atoms with Crippen molar-refractivity contribution in [2.75, 3.05) is 6.61 Å². The molecular weight excluding hydrogens is 276 g/mol. The highest BCUT2D eigenvalue weighted by Crippen LogP contribution is 2.25. The Morgan fingerprint density at radius 2 is 1.95 bits per heavy atom. The minimum absolute atomic E-state index is 0.00511. The van der Waals surface area contributed by atoms with E-state index in [1.807, 2.05) is 38.1 Å². The number of hydrogen-bond donors (Lipinski definition) is 0. The summed E-state index contributed by atoms with van der Waals surface area (Å²) < 4.78 is 7.21. The van der Waals surface area contributed by atoms with Gasteiger partial charge in [0, 0.05) is 5.69 Å². The molecule has 0 fully saturated rings. The molecule has 0 unspecified atom stereocenters. The quantitative estimate of drug-likeness (QED) is 0.841. The number of para-hydroxylation sites is 1. The van der Waals surface area contributed by atoms with Gasteiger partial charge in [0.25, 0.3) is 5.91 Å². The Labute approximate surface area is 132 Å². The number of carbonyl (C=O) groups is 1. The zero-order chi connectivity index (χ0) is 16.3. The highest BCUT2D eigenvalue weighted by atomic mass is 16.5. The van der Waals surface area contributed by atoms with Gasteiger partial charge in [0.1, 0.15) is 5.75 Å². The van der Waals surface area contributed by atoms with E-state index in [0.717, 1.165) is 34.7 Å². The first-order valence-corrected chi connectivity index (χ1v) is 7.75. The van der Waals surface area contributed by atoms with Gasteiger partial charge in [-0.05, 0) is 43.4 Å². The molecule has 4 heteroatoms. The molecule has 4 nitrogen and oxygen atoms in total. The molecule has 0 aliphatic rings. The minimum Gasteiger partial charge on any atom is -0.483 e. The molecule has 0 N–H and O–H groups in total. The van der Waals surface area contributed by atoms with E-state index in [2.05, 4.69) is 25.9 Å². The van der Waals surface area contributed by atoms with E-state index in [-0.39, 0.29) is 12.5 Å². The number of carbonyl (C=O) groups excluding carboxylic acids is 1. The van der Waals surface area contributed by atoms with Gasteiger partial charge in [0.05, 0.1) is 5.69 Å². The molecular formula is C18H24N2O2. The Hall–Kier alpha value is -2.10. The average Bonchev–Trinajstić information content (AvgIpc) is 2.79. The first kappa shape index (κ1) is 16.3. The summed E-state index contributed by atoms with van der Waals surface area (Å²) in [6, 6.07) is 7.84. The molecule has 0 saturated heterocycles. The summed E-state index contributed by atoms with van der Waals surface area (Å²) in [5.74, 6) is 0.980. The Morgan fingerprint density at radius 1 is 1.27 bits per heavy atom. The van der Waals surface area contributed by atoms with Crippen LogP contribution < -0.4 is 4.74 Å². The molecule has 22 heavy (non-hydrogen) atoms. The van der Waals surface area contributed by atoms with Crippen LogP contribution in [0.5, 0.6) is 5.75 Å². The van der Waals surface area contributed by atoms with Crippen molar-refractivity contribution < 1.29 is 9.53 Å². The molecule has 0 saturated carbocycles. The van der Waals surface area contributed by atoms with Crippen LogP contribution in [0.2, 0.25) is 0 Å². The Bertz CT molecular complexity index is 672. The number of hydrogen-bond acceptors (Lipinski definition) is 3. The number of aromatic nitrogens is 2. The van der Waals surface area contributed by atoms with Crippen LogP contribution in [0.25, 0.3) is 0 Å². The lowest BCUT2D eigenvalue weighted by atomic mass is 10.0.